The zero-order valence-electron chi connectivity index (χ0n) is 15.4. The molecule has 2 heterocycles. The van der Waals surface area contributed by atoms with Gasteiger partial charge in [0.05, 0.1) is 17.8 Å². The van der Waals surface area contributed by atoms with Gasteiger partial charge in [0.1, 0.15) is 7.11 Å². The Morgan fingerprint density at radius 3 is 2.62 bits per heavy atom. The van der Waals surface area contributed by atoms with Crippen LogP contribution in [-0.4, -0.2) is 47.5 Å². The lowest BCUT2D eigenvalue weighted by atomic mass is 10.0. The Hall–Kier alpha value is -2.76. The highest BCUT2D eigenvalue weighted by molar-refractivity contribution is 9.10. The van der Waals surface area contributed by atoms with Crippen LogP contribution in [0.25, 0.3) is 10.9 Å². The molecule has 0 spiro atoms. The molecule has 0 radical (unpaired) electrons. The van der Waals surface area contributed by atoms with Crippen LogP contribution in [0.4, 0.5) is 13.2 Å². The van der Waals surface area contributed by atoms with Crippen molar-refractivity contribution < 1.29 is 32.7 Å². The van der Waals surface area contributed by atoms with Gasteiger partial charge in [-0.25, -0.2) is 4.79 Å². The SMILES string of the molecule is COn1cc(C2CCN=C(NC(C)=O)N2)c2cc(Br)ccc21.O=C(O)C(F)(F)F. The van der Waals surface area contributed by atoms with E-state index in [2.05, 4.69) is 37.6 Å². The van der Waals surface area contributed by atoms with E-state index in [0.29, 0.717) is 12.5 Å². The van der Waals surface area contributed by atoms with Crippen molar-refractivity contribution in [2.75, 3.05) is 13.7 Å². The van der Waals surface area contributed by atoms with Crippen molar-refractivity contribution in [3.05, 3.63) is 34.4 Å². The number of nitrogens with zero attached hydrogens (tertiary/aromatic N) is 2. The van der Waals surface area contributed by atoms with Crippen molar-refractivity contribution >= 4 is 44.7 Å². The van der Waals surface area contributed by atoms with Gasteiger partial charge in [-0.2, -0.15) is 17.9 Å². The molecule has 2 aromatic rings. The van der Waals surface area contributed by atoms with Crippen LogP contribution in [0, 0.1) is 0 Å². The zero-order valence-corrected chi connectivity index (χ0v) is 17.0. The number of rotatable bonds is 2. The molecule has 0 aliphatic carbocycles. The molecular formula is C17H18BrF3N4O4. The first-order chi connectivity index (χ1) is 13.5. The molecule has 0 saturated carbocycles. The average molecular weight is 479 g/mol. The van der Waals surface area contributed by atoms with E-state index in [1.165, 1.54) is 6.92 Å². The number of hydrogen-bond donors (Lipinski definition) is 3. The number of aliphatic imine (C=N–C) groups is 1. The summed E-state index contributed by atoms with van der Waals surface area (Å²) in [7, 11) is 1.64. The Morgan fingerprint density at radius 2 is 2.07 bits per heavy atom. The van der Waals surface area contributed by atoms with Crippen molar-refractivity contribution in [3.8, 4) is 0 Å². The van der Waals surface area contributed by atoms with Gasteiger partial charge in [0.15, 0.2) is 5.96 Å². The number of halogens is 4. The minimum Gasteiger partial charge on any atom is -0.475 e. The van der Waals surface area contributed by atoms with E-state index >= 15 is 0 Å². The summed E-state index contributed by atoms with van der Waals surface area (Å²) in [6, 6.07) is 6.15. The summed E-state index contributed by atoms with van der Waals surface area (Å²) >= 11 is 3.52. The maximum absolute atomic E-state index is 11.2. The number of nitrogens with one attached hydrogen (secondary N) is 2. The minimum absolute atomic E-state index is 0.0764. The minimum atomic E-state index is -5.08. The van der Waals surface area contributed by atoms with E-state index < -0.39 is 12.1 Å². The average Bonchev–Trinajstić information content (AvgIpc) is 2.99. The molecule has 1 atom stereocenters. The number of amides is 1. The molecule has 1 aromatic carbocycles. The number of hydrogen-bond acceptors (Lipinski definition) is 5. The molecule has 0 bridgehead atoms. The molecule has 1 aromatic heterocycles. The summed E-state index contributed by atoms with van der Waals surface area (Å²) in [5.41, 5.74) is 2.13. The molecule has 1 unspecified atom stereocenters. The first kappa shape index (κ1) is 22.5. The molecule has 8 nitrogen and oxygen atoms in total. The second-order valence-electron chi connectivity index (χ2n) is 5.95. The highest BCUT2D eigenvalue weighted by Gasteiger charge is 2.38. The van der Waals surface area contributed by atoms with Gasteiger partial charge < -0.3 is 15.3 Å². The van der Waals surface area contributed by atoms with E-state index in [-0.39, 0.29) is 11.9 Å². The van der Waals surface area contributed by atoms with Crippen molar-refractivity contribution in [1.82, 2.24) is 15.4 Å². The van der Waals surface area contributed by atoms with Crippen LogP contribution < -0.4 is 15.5 Å². The van der Waals surface area contributed by atoms with Crippen molar-refractivity contribution in [2.45, 2.75) is 25.6 Å². The van der Waals surface area contributed by atoms with Gasteiger partial charge >= 0.3 is 12.1 Å². The number of aromatic nitrogens is 1. The third-order valence-electron chi connectivity index (χ3n) is 3.87. The van der Waals surface area contributed by atoms with Gasteiger partial charge in [-0.1, -0.05) is 15.9 Å². The molecule has 12 heteroatoms. The third-order valence-corrected chi connectivity index (χ3v) is 4.36. The van der Waals surface area contributed by atoms with Crippen LogP contribution in [-0.2, 0) is 9.59 Å². The Kier molecular flexibility index (Phi) is 7.11. The molecule has 0 fully saturated rings. The van der Waals surface area contributed by atoms with Crippen molar-refractivity contribution in [1.29, 1.82) is 0 Å². The number of alkyl halides is 3. The highest BCUT2D eigenvalue weighted by Crippen LogP contribution is 2.31. The first-order valence-corrected chi connectivity index (χ1v) is 9.06. The maximum atomic E-state index is 11.2. The lowest BCUT2D eigenvalue weighted by Gasteiger charge is -2.24. The van der Waals surface area contributed by atoms with Gasteiger partial charge in [-0.15, -0.1) is 0 Å². The Bertz CT molecular complexity index is 943. The van der Waals surface area contributed by atoms with Crippen LogP contribution in [0.1, 0.15) is 24.9 Å². The summed E-state index contributed by atoms with van der Waals surface area (Å²) in [4.78, 5) is 29.8. The largest absolute Gasteiger partial charge is 0.490 e. The van der Waals surface area contributed by atoms with Crippen LogP contribution in [0.2, 0.25) is 0 Å². The summed E-state index contributed by atoms with van der Waals surface area (Å²) in [5, 5.41) is 14.2. The number of carboxylic acids is 1. The van der Waals surface area contributed by atoms with E-state index in [9.17, 15) is 18.0 Å². The normalized spacial score (nSPS) is 16.2. The molecule has 3 N–H and O–H groups in total. The van der Waals surface area contributed by atoms with Crippen LogP contribution in [0.3, 0.4) is 0 Å². The van der Waals surface area contributed by atoms with Gasteiger partial charge in [-0.3, -0.25) is 15.1 Å². The van der Waals surface area contributed by atoms with Crippen molar-refractivity contribution in [3.63, 3.8) is 0 Å². The molecule has 1 aliphatic heterocycles. The summed E-state index contributed by atoms with van der Waals surface area (Å²) in [6.45, 7) is 2.14. The van der Waals surface area contributed by atoms with E-state index in [0.717, 1.165) is 27.4 Å². The van der Waals surface area contributed by atoms with Crippen LogP contribution in [0.15, 0.2) is 33.9 Å². The molecule has 1 aliphatic rings. The standard InChI is InChI=1S/C15H17BrN4O2.C2HF3O2/c1-9(21)18-15-17-6-5-13(19-15)12-8-20(22-2)14-4-3-10(16)7-11(12)14;3-2(4,5)1(6)7/h3-4,7-8,13H,5-6H2,1-2H3,(H2,17,18,19,21);(H,6,7). The fourth-order valence-corrected chi connectivity index (χ4v) is 3.05. The maximum Gasteiger partial charge on any atom is 0.490 e. The predicted molar refractivity (Wildman–Crippen MR) is 102 cm³/mol. The Balaban J connectivity index is 0.000000370. The van der Waals surface area contributed by atoms with Crippen molar-refractivity contribution in [2.24, 2.45) is 4.99 Å². The number of carboxylic acid groups (broad SMARTS) is 1. The Labute approximate surface area is 171 Å². The number of guanidine groups is 1. The lowest BCUT2D eigenvalue weighted by Crippen LogP contribution is -2.44. The topological polar surface area (TPSA) is 105 Å². The molecular weight excluding hydrogens is 461 g/mol. The van der Waals surface area contributed by atoms with E-state index in [1.807, 2.05) is 18.3 Å². The lowest BCUT2D eigenvalue weighted by molar-refractivity contribution is -0.192. The molecule has 1 amide bonds. The number of aliphatic carboxylic acids is 1. The molecule has 3 rings (SSSR count). The van der Waals surface area contributed by atoms with Gasteiger partial charge in [0.2, 0.25) is 5.91 Å². The number of fused-ring (bicyclic) bond motifs is 1. The number of carbonyl (C=O) groups excluding carboxylic acids is 1. The second kappa shape index (κ2) is 9.16. The number of carbonyl (C=O) groups is 2. The zero-order chi connectivity index (χ0) is 21.8. The molecule has 0 saturated heterocycles. The van der Waals surface area contributed by atoms with Gasteiger partial charge in [0.25, 0.3) is 0 Å². The summed E-state index contributed by atoms with van der Waals surface area (Å²) in [5.74, 6) is -2.36. The Morgan fingerprint density at radius 1 is 1.41 bits per heavy atom. The fraction of sp³-hybridized carbons (Fsp3) is 0.353. The molecule has 29 heavy (non-hydrogen) atoms. The summed E-state index contributed by atoms with van der Waals surface area (Å²) < 4.78 is 34.5. The molecule has 158 valence electrons. The quantitative estimate of drug-likeness (QED) is 0.615. The van der Waals surface area contributed by atoms with Crippen LogP contribution >= 0.6 is 15.9 Å². The van der Waals surface area contributed by atoms with E-state index in [1.54, 1.807) is 11.8 Å². The second-order valence-corrected chi connectivity index (χ2v) is 6.87. The van der Waals surface area contributed by atoms with E-state index in [4.69, 9.17) is 14.7 Å². The monoisotopic (exact) mass is 478 g/mol. The fourth-order valence-electron chi connectivity index (χ4n) is 2.69. The smallest absolute Gasteiger partial charge is 0.475 e. The van der Waals surface area contributed by atoms with Crippen LogP contribution in [0.5, 0.6) is 0 Å². The third kappa shape index (κ3) is 5.86. The predicted octanol–water partition coefficient (Wildman–Crippen LogP) is 2.62. The first-order valence-electron chi connectivity index (χ1n) is 8.26. The van der Waals surface area contributed by atoms with Gasteiger partial charge in [0, 0.05) is 28.9 Å². The highest BCUT2D eigenvalue weighted by atomic mass is 79.9. The van der Waals surface area contributed by atoms with Gasteiger partial charge in [-0.05, 0) is 24.6 Å². The summed E-state index contributed by atoms with van der Waals surface area (Å²) in [6.07, 6.45) is -2.25. The number of benzene rings is 1.